The van der Waals surface area contributed by atoms with E-state index < -0.39 is 0 Å². The number of carbonyl (C=O) groups excluding carboxylic acids is 1. The Labute approximate surface area is 132 Å². The molecule has 5 heteroatoms. The lowest BCUT2D eigenvalue weighted by Gasteiger charge is -2.10. The fourth-order valence-electron chi connectivity index (χ4n) is 2.64. The molecule has 0 aromatic carbocycles. The first-order valence-electron chi connectivity index (χ1n) is 7.68. The van der Waals surface area contributed by atoms with Gasteiger partial charge in [0.05, 0.1) is 5.92 Å². The maximum atomic E-state index is 12.2. The lowest BCUT2D eigenvalue weighted by atomic mass is 9.96. The highest BCUT2D eigenvalue weighted by Gasteiger charge is 2.61. The predicted octanol–water partition coefficient (Wildman–Crippen LogP) is 3.65. The van der Waals surface area contributed by atoms with Crippen LogP contribution in [0.1, 0.15) is 60.2 Å². The number of rotatable bonds is 4. The van der Waals surface area contributed by atoms with Gasteiger partial charge >= 0.3 is 5.97 Å². The average molecular weight is 306 g/mol. The minimum absolute atomic E-state index is 0.0377. The summed E-state index contributed by atoms with van der Waals surface area (Å²) in [5.74, 6) is 0.927. The van der Waals surface area contributed by atoms with Crippen molar-refractivity contribution in [3.63, 3.8) is 0 Å². The number of allylic oxidation sites excluding steroid dienone is 2. The molecular formula is C17H26N2O3. The number of hydrogen-bond acceptors (Lipinski definition) is 5. The number of esters is 1. The van der Waals surface area contributed by atoms with Gasteiger partial charge in [-0.25, -0.2) is 0 Å². The van der Waals surface area contributed by atoms with E-state index in [0.29, 0.717) is 11.7 Å². The van der Waals surface area contributed by atoms with Crippen molar-refractivity contribution in [2.75, 3.05) is 0 Å². The molecule has 122 valence electrons. The van der Waals surface area contributed by atoms with Crippen LogP contribution in [0.3, 0.4) is 0 Å². The summed E-state index contributed by atoms with van der Waals surface area (Å²) in [6.07, 6.45) is 2.15. The molecule has 1 aromatic rings. The minimum Gasteiger partial charge on any atom is -0.455 e. The molecule has 2 atom stereocenters. The molecule has 0 amide bonds. The van der Waals surface area contributed by atoms with Gasteiger partial charge in [-0.1, -0.05) is 51.4 Å². The van der Waals surface area contributed by atoms with Gasteiger partial charge in [-0.2, -0.15) is 4.98 Å². The van der Waals surface area contributed by atoms with Gasteiger partial charge in [0.1, 0.15) is 0 Å². The fourth-order valence-corrected chi connectivity index (χ4v) is 2.64. The zero-order valence-corrected chi connectivity index (χ0v) is 14.6. The Hall–Kier alpha value is -1.65. The van der Waals surface area contributed by atoms with Crippen LogP contribution in [-0.2, 0) is 21.6 Å². The second-order valence-electron chi connectivity index (χ2n) is 7.94. The van der Waals surface area contributed by atoms with E-state index in [1.807, 2.05) is 34.6 Å². The van der Waals surface area contributed by atoms with Crippen molar-refractivity contribution >= 4 is 5.97 Å². The van der Waals surface area contributed by atoms with Gasteiger partial charge < -0.3 is 9.26 Å². The number of ether oxygens (including phenoxy) is 1. The highest BCUT2D eigenvalue weighted by molar-refractivity contribution is 5.78. The largest absolute Gasteiger partial charge is 0.455 e. The Morgan fingerprint density at radius 3 is 2.50 bits per heavy atom. The van der Waals surface area contributed by atoms with Gasteiger partial charge in [-0.15, -0.1) is 0 Å². The maximum Gasteiger partial charge on any atom is 0.310 e. The SMILES string of the molecule is CC(C)=CC1C(C(=O)OCc2nc(C(C)(C)C)no2)C1(C)C. The highest BCUT2D eigenvalue weighted by atomic mass is 16.6. The topological polar surface area (TPSA) is 65.2 Å². The molecule has 2 rings (SSSR count). The molecule has 0 aliphatic heterocycles. The van der Waals surface area contributed by atoms with Crippen molar-refractivity contribution in [1.29, 1.82) is 0 Å². The van der Waals surface area contributed by atoms with Gasteiger partial charge in [0.2, 0.25) is 0 Å². The zero-order chi connectivity index (χ0) is 16.7. The van der Waals surface area contributed by atoms with Crippen LogP contribution in [0.4, 0.5) is 0 Å². The summed E-state index contributed by atoms with van der Waals surface area (Å²) >= 11 is 0. The summed E-state index contributed by atoms with van der Waals surface area (Å²) in [7, 11) is 0. The van der Waals surface area contributed by atoms with Crippen LogP contribution in [0, 0.1) is 17.3 Å². The van der Waals surface area contributed by atoms with E-state index in [2.05, 4.69) is 30.1 Å². The van der Waals surface area contributed by atoms with Crippen LogP contribution in [-0.4, -0.2) is 16.1 Å². The molecular weight excluding hydrogens is 280 g/mol. The van der Waals surface area contributed by atoms with Crippen LogP contribution >= 0.6 is 0 Å². The second kappa shape index (κ2) is 5.52. The second-order valence-corrected chi connectivity index (χ2v) is 7.94. The molecule has 1 aliphatic carbocycles. The van der Waals surface area contributed by atoms with E-state index >= 15 is 0 Å². The Morgan fingerprint density at radius 1 is 1.36 bits per heavy atom. The average Bonchev–Trinajstić information content (AvgIpc) is 2.77. The van der Waals surface area contributed by atoms with Gasteiger partial charge in [-0.05, 0) is 25.2 Å². The van der Waals surface area contributed by atoms with Crippen LogP contribution in [0.2, 0.25) is 0 Å². The van der Waals surface area contributed by atoms with Crippen LogP contribution in [0.5, 0.6) is 0 Å². The number of nitrogens with zero attached hydrogens (tertiary/aromatic N) is 2. The molecule has 2 unspecified atom stereocenters. The summed E-state index contributed by atoms with van der Waals surface area (Å²) in [6, 6.07) is 0. The van der Waals surface area contributed by atoms with Gasteiger partial charge in [-0.3, -0.25) is 4.79 Å². The highest BCUT2D eigenvalue weighted by Crippen LogP contribution is 2.59. The van der Waals surface area contributed by atoms with E-state index in [1.54, 1.807) is 0 Å². The van der Waals surface area contributed by atoms with Crippen molar-refractivity contribution in [1.82, 2.24) is 10.1 Å². The summed E-state index contributed by atoms with van der Waals surface area (Å²) < 4.78 is 10.5. The quantitative estimate of drug-likeness (QED) is 0.627. The zero-order valence-electron chi connectivity index (χ0n) is 14.6. The molecule has 1 fully saturated rings. The Bertz CT molecular complexity index is 589. The molecule has 0 spiro atoms. The molecule has 5 nitrogen and oxygen atoms in total. The van der Waals surface area contributed by atoms with E-state index in [1.165, 1.54) is 5.57 Å². The molecule has 1 aromatic heterocycles. The predicted molar refractivity (Wildman–Crippen MR) is 83.0 cm³/mol. The third-order valence-electron chi connectivity index (χ3n) is 4.15. The molecule has 0 N–H and O–H groups in total. The third kappa shape index (κ3) is 3.39. The Kier molecular flexibility index (Phi) is 4.20. The summed E-state index contributed by atoms with van der Waals surface area (Å²) in [5, 5.41) is 3.92. The third-order valence-corrected chi connectivity index (χ3v) is 4.15. The number of aromatic nitrogens is 2. The van der Waals surface area contributed by atoms with Gasteiger partial charge in [0, 0.05) is 5.41 Å². The molecule has 22 heavy (non-hydrogen) atoms. The van der Waals surface area contributed by atoms with Crippen molar-refractivity contribution in [3.05, 3.63) is 23.4 Å². The molecule has 0 radical (unpaired) electrons. The lowest BCUT2D eigenvalue weighted by Crippen LogP contribution is -2.14. The van der Waals surface area contributed by atoms with E-state index in [-0.39, 0.29) is 35.2 Å². The van der Waals surface area contributed by atoms with Gasteiger partial charge in [0.15, 0.2) is 12.4 Å². The first-order chi connectivity index (χ1) is 10.0. The number of carbonyl (C=O) groups is 1. The monoisotopic (exact) mass is 306 g/mol. The maximum absolute atomic E-state index is 12.2. The lowest BCUT2D eigenvalue weighted by molar-refractivity contribution is -0.148. The molecule has 0 saturated heterocycles. The van der Waals surface area contributed by atoms with Crippen molar-refractivity contribution in [3.8, 4) is 0 Å². The summed E-state index contributed by atoms with van der Waals surface area (Å²) in [5.41, 5.74) is 0.999. The van der Waals surface area contributed by atoms with E-state index in [4.69, 9.17) is 9.26 Å². The Morgan fingerprint density at radius 2 is 2.00 bits per heavy atom. The van der Waals surface area contributed by atoms with Gasteiger partial charge in [0.25, 0.3) is 5.89 Å². The normalized spacial score (nSPS) is 23.0. The number of hydrogen-bond donors (Lipinski definition) is 0. The van der Waals surface area contributed by atoms with Crippen LogP contribution < -0.4 is 0 Å². The van der Waals surface area contributed by atoms with Crippen molar-refractivity contribution in [2.45, 2.75) is 60.5 Å². The van der Waals surface area contributed by atoms with Crippen LogP contribution in [0.15, 0.2) is 16.2 Å². The van der Waals surface area contributed by atoms with Crippen LogP contribution in [0.25, 0.3) is 0 Å². The van der Waals surface area contributed by atoms with E-state index in [0.717, 1.165) is 0 Å². The van der Waals surface area contributed by atoms with E-state index in [9.17, 15) is 4.79 Å². The molecule has 1 saturated carbocycles. The smallest absolute Gasteiger partial charge is 0.310 e. The first kappa shape index (κ1) is 16.7. The van der Waals surface area contributed by atoms with Crippen molar-refractivity contribution in [2.24, 2.45) is 17.3 Å². The molecule has 1 heterocycles. The fraction of sp³-hybridized carbons (Fsp3) is 0.706. The minimum atomic E-state index is -0.192. The van der Waals surface area contributed by atoms with Crippen molar-refractivity contribution < 1.29 is 14.1 Å². The first-order valence-corrected chi connectivity index (χ1v) is 7.68. The standard InChI is InChI=1S/C17H26N2O3/c1-10(2)8-11-13(17(11,6)7)14(20)21-9-12-18-15(19-22-12)16(3,4)5/h8,11,13H,9H2,1-7H3. The molecule has 1 aliphatic rings. The molecule has 0 bridgehead atoms. The summed E-state index contributed by atoms with van der Waals surface area (Å²) in [4.78, 5) is 16.5. The summed E-state index contributed by atoms with van der Waals surface area (Å²) in [6.45, 7) is 14.3. The Balaban J connectivity index is 1.94.